The van der Waals surface area contributed by atoms with Crippen molar-refractivity contribution < 1.29 is 10.0 Å². The van der Waals surface area contributed by atoms with E-state index in [-0.39, 0.29) is 0 Å². The molecule has 0 aliphatic rings. The van der Waals surface area contributed by atoms with Crippen molar-refractivity contribution in [2.45, 2.75) is 6.42 Å². The van der Waals surface area contributed by atoms with Gasteiger partial charge in [0, 0.05) is 0 Å². The zero-order valence-corrected chi connectivity index (χ0v) is 6.77. The summed E-state index contributed by atoms with van der Waals surface area (Å²) in [5.74, 6) is 0. The van der Waals surface area contributed by atoms with Crippen LogP contribution in [0.3, 0.4) is 0 Å². The molecule has 0 bridgehead atoms. The zero-order chi connectivity index (χ0) is 8.97. The van der Waals surface area contributed by atoms with Crippen LogP contribution >= 0.6 is 0 Å². The van der Waals surface area contributed by atoms with Gasteiger partial charge in [-0.25, -0.2) is 0 Å². The topological polar surface area (TPSA) is 40.5 Å². The maximum Gasteiger partial charge on any atom is 0.488 e. The standard InChI is InChI=1S/C9H11BO2/c1-2-5-8-6-3-4-7-9(8)10(11)12/h2-4,6-7,11-12H,1,5H2. The third-order valence-electron chi connectivity index (χ3n) is 1.70. The minimum Gasteiger partial charge on any atom is -0.423 e. The second kappa shape index (κ2) is 4.09. The number of allylic oxidation sites excluding steroid dienone is 1. The smallest absolute Gasteiger partial charge is 0.423 e. The van der Waals surface area contributed by atoms with E-state index >= 15 is 0 Å². The van der Waals surface area contributed by atoms with Gasteiger partial charge in [0.1, 0.15) is 0 Å². The fourth-order valence-corrected chi connectivity index (χ4v) is 1.13. The van der Waals surface area contributed by atoms with Gasteiger partial charge in [-0.05, 0) is 17.4 Å². The van der Waals surface area contributed by atoms with Crippen molar-refractivity contribution in [3.63, 3.8) is 0 Å². The predicted molar refractivity (Wildman–Crippen MR) is 50.2 cm³/mol. The van der Waals surface area contributed by atoms with Crippen molar-refractivity contribution in [2.75, 3.05) is 0 Å². The van der Waals surface area contributed by atoms with Crippen LogP contribution in [-0.4, -0.2) is 17.2 Å². The summed E-state index contributed by atoms with van der Waals surface area (Å²) in [5, 5.41) is 17.9. The van der Waals surface area contributed by atoms with E-state index in [2.05, 4.69) is 6.58 Å². The van der Waals surface area contributed by atoms with E-state index in [1.165, 1.54) is 0 Å². The molecular weight excluding hydrogens is 151 g/mol. The van der Waals surface area contributed by atoms with Crippen LogP contribution in [0.25, 0.3) is 0 Å². The van der Waals surface area contributed by atoms with Crippen molar-refractivity contribution in [2.24, 2.45) is 0 Å². The summed E-state index contributed by atoms with van der Waals surface area (Å²) in [5.41, 5.74) is 1.46. The van der Waals surface area contributed by atoms with Gasteiger partial charge in [-0.3, -0.25) is 0 Å². The van der Waals surface area contributed by atoms with Crippen LogP contribution in [0.5, 0.6) is 0 Å². The van der Waals surface area contributed by atoms with Gasteiger partial charge in [0.15, 0.2) is 0 Å². The molecule has 0 unspecified atom stereocenters. The zero-order valence-electron chi connectivity index (χ0n) is 6.77. The van der Waals surface area contributed by atoms with Crippen LogP contribution in [-0.2, 0) is 6.42 Å². The molecule has 62 valence electrons. The maximum atomic E-state index is 8.95. The molecular formula is C9H11BO2. The normalized spacial score (nSPS) is 9.50. The molecule has 0 heterocycles. The maximum absolute atomic E-state index is 8.95. The lowest BCUT2D eigenvalue weighted by Crippen LogP contribution is -2.32. The highest BCUT2D eigenvalue weighted by molar-refractivity contribution is 6.59. The van der Waals surface area contributed by atoms with Gasteiger partial charge in [0.2, 0.25) is 0 Å². The summed E-state index contributed by atoms with van der Waals surface area (Å²) in [4.78, 5) is 0. The Bertz CT molecular complexity index is 271. The Balaban J connectivity index is 2.99. The van der Waals surface area contributed by atoms with Gasteiger partial charge in [-0.1, -0.05) is 30.3 Å². The highest BCUT2D eigenvalue weighted by Crippen LogP contribution is 1.98. The van der Waals surface area contributed by atoms with E-state index in [9.17, 15) is 0 Å². The van der Waals surface area contributed by atoms with Crippen LogP contribution in [0, 0.1) is 0 Å². The summed E-state index contributed by atoms with van der Waals surface area (Å²) in [6.07, 6.45) is 2.40. The second-order valence-electron chi connectivity index (χ2n) is 2.57. The Hall–Kier alpha value is -1.06. The van der Waals surface area contributed by atoms with Gasteiger partial charge < -0.3 is 10.0 Å². The van der Waals surface area contributed by atoms with Gasteiger partial charge in [-0.2, -0.15) is 0 Å². The van der Waals surface area contributed by atoms with Crippen LogP contribution < -0.4 is 5.46 Å². The summed E-state index contributed by atoms with van der Waals surface area (Å²) in [6, 6.07) is 7.20. The summed E-state index contributed by atoms with van der Waals surface area (Å²) < 4.78 is 0. The Morgan fingerprint density at radius 1 is 1.33 bits per heavy atom. The predicted octanol–water partition coefficient (Wildman–Crippen LogP) is 0.0949. The first kappa shape index (κ1) is 9.04. The quantitative estimate of drug-likeness (QED) is 0.488. The van der Waals surface area contributed by atoms with Crippen LogP contribution in [0.4, 0.5) is 0 Å². The van der Waals surface area contributed by atoms with Crippen molar-refractivity contribution in [1.82, 2.24) is 0 Å². The molecule has 2 N–H and O–H groups in total. The first-order valence-electron chi connectivity index (χ1n) is 3.80. The molecule has 1 rings (SSSR count). The van der Waals surface area contributed by atoms with Crippen molar-refractivity contribution >= 4 is 12.6 Å². The largest absolute Gasteiger partial charge is 0.488 e. The van der Waals surface area contributed by atoms with E-state index in [1.54, 1.807) is 18.2 Å². The lowest BCUT2D eigenvalue weighted by Gasteiger charge is -2.05. The molecule has 1 aromatic rings. The number of benzene rings is 1. The molecule has 2 nitrogen and oxygen atoms in total. The number of hydrogen-bond donors (Lipinski definition) is 2. The fourth-order valence-electron chi connectivity index (χ4n) is 1.13. The Morgan fingerprint density at radius 3 is 2.58 bits per heavy atom. The van der Waals surface area contributed by atoms with Gasteiger partial charge in [0.25, 0.3) is 0 Å². The van der Waals surface area contributed by atoms with E-state index in [4.69, 9.17) is 10.0 Å². The molecule has 0 spiro atoms. The van der Waals surface area contributed by atoms with Gasteiger partial charge >= 0.3 is 7.12 Å². The minimum atomic E-state index is -1.39. The van der Waals surface area contributed by atoms with Crippen molar-refractivity contribution in [3.8, 4) is 0 Å². The molecule has 0 saturated heterocycles. The molecule has 0 aromatic heterocycles. The molecule has 0 aliphatic heterocycles. The molecule has 0 amide bonds. The lowest BCUT2D eigenvalue weighted by atomic mass is 9.76. The third-order valence-corrected chi connectivity index (χ3v) is 1.70. The summed E-state index contributed by atoms with van der Waals surface area (Å²) in [6.45, 7) is 3.59. The second-order valence-corrected chi connectivity index (χ2v) is 2.57. The molecule has 0 fully saturated rings. The van der Waals surface area contributed by atoms with E-state index in [1.807, 2.05) is 12.1 Å². The van der Waals surface area contributed by atoms with Gasteiger partial charge in [-0.15, -0.1) is 6.58 Å². The lowest BCUT2D eigenvalue weighted by molar-refractivity contribution is 0.425. The first-order chi connectivity index (χ1) is 5.75. The number of hydrogen-bond acceptors (Lipinski definition) is 2. The van der Waals surface area contributed by atoms with Gasteiger partial charge in [0.05, 0.1) is 0 Å². The van der Waals surface area contributed by atoms with E-state index < -0.39 is 7.12 Å². The van der Waals surface area contributed by atoms with E-state index in [0.717, 1.165) is 5.56 Å². The fraction of sp³-hybridized carbons (Fsp3) is 0.111. The van der Waals surface area contributed by atoms with Crippen LogP contribution in [0.2, 0.25) is 0 Å². The Morgan fingerprint density at radius 2 is 2.00 bits per heavy atom. The number of rotatable bonds is 3. The molecule has 0 saturated carbocycles. The minimum absolute atomic E-state index is 0.553. The van der Waals surface area contributed by atoms with E-state index in [0.29, 0.717) is 11.9 Å². The van der Waals surface area contributed by atoms with Crippen molar-refractivity contribution in [1.29, 1.82) is 0 Å². The third kappa shape index (κ3) is 1.97. The van der Waals surface area contributed by atoms with Crippen LogP contribution in [0.15, 0.2) is 36.9 Å². The molecule has 0 radical (unpaired) electrons. The summed E-state index contributed by atoms with van der Waals surface area (Å²) >= 11 is 0. The highest BCUT2D eigenvalue weighted by atomic mass is 16.4. The molecule has 0 atom stereocenters. The Kier molecular flexibility index (Phi) is 3.08. The summed E-state index contributed by atoms with van der Waals surface area (Å²) in [7, 11) is -1.39. The SMILES string of the molecule is C=CCc1ccccc1B(O)O. The molecule has 0 aliphatic carbocycles. The van der Waals surface area contributed by atoms with Crippen LogP contribution in [0.1, 0.15) is 5.56 Å². The monoisotopic (exact) mass is 162 g/mol. The van der Waals surface area contributed by atoms with Crippen molar-refractivity contribution in [3.05, 3.63) is 42.5 Å². The first-order valence-corrected chi connectivity index (χ1v) is 3.80. The molecule has 12 heavy (non-hydrogen) atoms. The highest BCUT2D eigenvalue weighted by Gasteiger charge is 2.13. The molecule has 1 aromatic carbocycles. The average molecular weight is 162 g/mol. The molecule has 3 heteroatoms. The Labute approximate surface area is 72.3 Å². The average Bonchev–Trinajstić information content (AvgIpc) is 2.05.